The Hall–Kier alpha value is -0.580. The number of aliphatic hydroxyl groups excluding tert-OH is 1. The van der Waals surface area contributed by atoms with Crippen LogP contribution in [0.2, 0.25) is 0 Å². The first kappa shape index (κ1) is 14.8. The van der Waals surface area contributed by atoms with Gasteiger partial charge in [0, 0.05) is 16.6 Å². The molecule has 1 aliphatic rings. The molecule has 0 aliphatic carbocycles. The van der Waals surface area contributed by atoms with Crippen molar-refractivity contribution in [3.63, 3.8) is 0 Å². The van der Waals surface area contributed by atoms with Crippen LogP contribution in [0.5, 0.6) is 5.75 Å². The van der Waals surface area contributed by atoms with Crippen LogP contribution in [0.15, 0.2) is 22.7 Å². The number of hydrogen-bond donors (Lipinski definition) is 1. The van der Waals surface area contributed by atoms with Gasteiger partial charge in [-0.3, -0.25) is 4.90 Å². The fourth-order valence-corrected chi connectivity index (χ4v) is 2.79. The van der Waals surface area contributed by atoms with Gasteiger partial charge < -0.3 is 9.84 Å². The molecule has 4 heteroatoms. The minimum Gasteiger partial charge on any atom is -0.492 e. The van der Waals surface area contributed by atoms with E-state index in [1.807, 2.05) is 18.2 Å². The molecule has 1 aromatic carbocycles. The largest absolute Gasteiger partial charge is 0.492 e. The minimum atomic E-state index is -0.502. The van der Waals surface area contributed by atoms with Crippen molar-refractivity contribution in [2.45, 2.75) is 32.3 Å². The quantitative estimate of drug-likeness (QED) is 0.900. The van der Waals surface area contributed by atoms with Crippen LogP contribution in [0.3, 0.4) is 0 Å². The Labute approximate surface area is 123 Å². The highest BCUT2D eigenvalue weighted by molar-refractivity contribution is 9.10. The average molecular weight is 328 g/mol. The molecule has 2 rings (SSSR count). The highest BCUT2D eigenvalue weighted by Crippen LogP contribution is 2.28. The molecule has 1 unspecified atom stereocenters. The lowest BCUT2D eigenvalue weighted by Gasteiger charge is -2.26. The van der Waals surface area contributed by atoms with Crippen molar-refractivity contribution in [2.24, 2.45) is 0 Å². The molecule has 1 fully saturated rings. The number of halogens is 1. The highest BCUT2D eigenvalue weighted by Gasteiger charge is 2.12. The lowest BCUT2D eigenvalue weighted by Crippen LogP contribution is -2.33. The first-order chi connectivity index (χ1) is 9.16. The second kappa shape index (κ2) is 7.27. The van der Waals surface area contributed by atoms with E-state index in [-0.39, 0.29) is 0 Å². The van der Waals surface area contributed by atoms with E-state index in [4.69, 9.17) is 4.74 Å². The van der Waals surface area contributed by atoms with Gasteiger partial charge in [-0.2, -0.15) is 0 Å². The van der Waals surface area contributed by atoms with Gasteiger partial charge in [-0.25, -0.2) is 0 Å². The van der Waals surface area contributed by atoms with E-state index in [9.17, 15) is 5.11 Å². The number of rotatable bonds is 5. The second-order valence-corrected chi connectivity index (χ2v) is 6.02. The Balaban J connectivity index is 1.89. The summed E-state index contributed by atoms with van der Waals surface area (Å²) in [6.07, 6.45) is 3.46. The van der Waals surface area contributed by atoms with Gasteiger partial charge in [0.1, 0.15) is 12.4 Å². The number of piperidine rings is 1. The Bertz CT molecular complexity index is 403. The smallest absolute Gasteiger partial charge is 0.126 e. The summed E-state index contributed by atoms with van der Waals surface area (Å²) in [5.74, 6) is 0.779. The first-order valence-corrected chi connectivity index (χ1v) is 7.79. The van der Waals surface area contributed by atoms with Crippen LogP contribution in [0.25, 0.3) is 0 Å². The van der Waals surface area contributed by atoms with Crippen molar-refractivity contribution in [1.29, 1.82) is 0 Å². The van der Waals surface area contributed by atoms with E-state index in [0.717, 1.165) is 22.3 Å². The maximum atomic E-state index is 9.74. The highest BCUT2D eigenvalue weighted by atomic mass is 79.9. The fourth-order valence-electron chi connectivity index (χ4n) is 2.45. The van der Waals surface area contributed by atoms with Crippen molar-refractivity contribution in [2.75, 3.05) is 26.2 Å². The van der Waals surface area contributed by atoms with Crippen LogP contribution >= 0.6 is 15.9 Å². The molecule has 0 spiro atoms. The first-order valence-electron chi connectivity index (χ1n) is 6.99. The maximum absolute atomic E-state index is 9.74. The summed E-state index contributed by atoms with van der Waals surface area (Å²) in [6, 6.07) is 5.77. The Morgan fingerprint density at radius 2 is 2.05 bits per heavy atom. The van der Waals surface area contributed by atoms with Crippen LogP contribution in [0.4, 0.5) is 0 Å². The topological polar surface area (TPSA) is 32.7 Å². The molecule has 0 bridgehead atoms. The molecule has 19 heavy (non-hydrogen) atoms. The molecule has 3 nitrogen and oxygen atoms in total. The molecule has 0 aromatic heterocycles. The summed E-state index contributed by atoms with van der Waals surface area (Å²) in [7, 11) is 0. The second-order valence-electron chi connectivity index (χ2n) is 5.11. The summed E-state index contributed by atoms with van der Waals surface area (Å²) >= 11 is 3.44. The molecule has 0 radical (unpaired) electrons. The number of ether oxygens (including phenoxy) is 1. The monoisotopic (exact) mass is 327 g/mol. The summed E-state index contributed by atoms with van der Waals surface area (Å²) < 4.78 is 6.83. The lowest BCUT2D eigenvalue weighted by atomic mass is 10.1. The summed E-state index contributed by atoms with van der Waals surface area (Å²) in [4.78, 5) is 2.45. The Morgan fingerprint density at radius 1 is 1.32 bits per heavy atom. The molecule has 1 saturated heterocycles. The van der Waals surface area contributed by atoms with Crippen LogP contribution in [0, 0.1) is 0 Å². The molecule has 1 N–H and O–H groups in total. The van der Waals surface area contributed by atoms with Crippen molar-refractivity contribution in [3.05, 3.63) is 28.2 Å². The van der Waals surface area contributed by atoms with E-state index in [1.54, 1.807) is 6.92 Å². The van der Waals surface area contributed by atoms with Gasteiger partial charge in [0.15, 0.2) is 0 Å². The number of hydrogen-bond acceptors (Lipinski definition) is 3. The molecule has 1 heterocycles. The number of likely N-dealkylation sites (tertiary alicyclic amines) is 1. The summed E-state index contributed by atoms with van der Waals surface area (Å²) in [5.41, 5.74) is 0.849. The molecule has 1 aromatic rings. The third-order valence-corrected chi connectivity index (χ3v) is 4.03. The fraction of sp³-hybridized carbons (Fsp3) is 0.600. The standard InChI is InChI=1S/C15H22BrNO2/c1-12(18)14-6-5-13(16)11-15(14)19-10-9-17-7-3-2-4-8-17/h5-6,11-12,18H,2-4,7-10H2,1H3. The molecule has 0 amide bonds. The van der Waals surface area contributed by atoms with Crippen molar-refractivity contribution in [3.8, 4) is 5.75 Å². The van der Waals surface area contributed by atoms with Crippen LogP contribution in [-0.4, -0.2) is 36.2 Å². The predicted octanol–water partition coefficient (Wildman–Crippen LogP) is 3.37. The van der Waals surface area contributed by atoms with Crippen LogP contribution in [-0.2, 0) is 0 Å². The molecule has 106 valence electrons. The maximum Gasteiger partial charge on any atom is 0.126 e. The number of nitrogens with zero attached hydrogens (tertiary/aromatic N) is 1. The zero-order chi connectivity index (χ0) is 13.7. The minimum absolute atomic E-state index is 0.502. The van der Waals surface area contributed by atoms with Crippen LogP contribution in [0.1, 0.15) is 37.9 Å². The number of benzene rings is 1. The molecular formula is C15H22BrNO2. The van der Waals surface area contributed by atoms with Gasteiger partial charge in [0.2, 0.25) is 0 Å². The van der Waals surface area contributed by atoms with Gasteiger partial charge in [-0.15, -0.1) is 0 Å². The van der Waals surface area contributed by atoms with Gasteiger partial charge in [-0.05, 0) is 45.0 Å². The van der Waals surface area contributed by atoms with Gasteiger partial charge in [0.25, 0.3) is 0 Å². The van der Waals surface area contributed by atoms with Crippen molar-refractivity contribution in [1.82, 2.24) is 4.90 Å². The van der Waals surface area contributed by atoms with Gasteiger partial charge >= 0.3 is 0 Å². The van der Waals surface area contributed by atoms with E-state index in [1.165, 1.54) is 32.4 Å². The van der Waals surface area contributed by atoms with Crippen molar-refractivity contribution >= 4 is 15.9 Å². The third kappa shape index (κ3) is 4.48. The van der Waals surface area contributed by atoms with E-state index >= 15 is 0 Å². The third-order valence-electron chi connectivity index (χ3n) is 3.54. The zero-order valence-corrected chi connectivity index (χ0v) is 13.0. The normalized spacial score (nSPS) is 18.3. The van der Waals surface area contributed by atoms with Crippen LogP contribution < -0.4 is 4.74 Å². The Morgan fingerprint density at radius 3 is 2.74 bits per heavy atom. The SMILES string of the molecule is CC(O)c1ccc(Br)cc1OCCN1CCCCC1. The van der Waals surface area contributed by atoms with E-state index in [0.29, 0.717) is 6.61 Å². The van der Waals surface area contributed by atoms with E-state index in [2.05, 4.69) is 20.8 Å². The summed E-state index contributed by atoms with van der Waals surface area (Å²) in [5, 5.41) is 9.74. The van der Waals surface area contributed by atoms with Gasteiger partial charge in [-0.1, -0.05) is 28.4 Å². The lowest BCUT2D eigenvalue weighted by molar-refractivity contribution is 0.171. The zero-order valence-electron chi connectivity index (χ0n) is 11.4. The molecule has 1 aliphatic heterocycles. The Kier molecular flexibility index (Phi) is 5.67. The molecular weight excluding hydrogens is 306 g/mol. The van der Waals surface area contributed by atoms with Gasteiger partial charge in [0.05, 0.1) is 6.10 Å². The average Bonchev–Trinajstić information content (AvgIpc) is 2.39. The van der Waals surface area contributed by atoms with Crippen molar-refractivity contribution < 1.29 is 9.84 Å². The number of aliphatic hydroxyl groups is 1. The predicted molar refractivity (Wildman–Crippen MR) is 80.6 cm³/mol. The van der Waals surface area contributed by atoms with E-state index < -0.39 is 6.10 Å². The summed E-state index contributed by atoms with van der Waals surface area (Å²) in [6.45, 7) is 5.78. The molecule has 0 saturated carbocycles. The molecule has 1 atom stereocenters.